The van der Waals surface area contributed by atoms with Crippen LogP contribution in [0.15, 0.2) is 0 Å². The Bertz CT molecular complexity index is 447. The molecule has 1 heterocycles. The first-order chi connectivity index (χ1) is 8.85. The van der Waals surface area contributed by atoms with Crippen LogP contribution >= 0.6 is 0 Å². The molecular formula is C11H21N7O. The van der Waals surface area contributed by atoms with E-state index in [0.29, 0.717) is 17.8 Å². The third kappa shape index (κ3) is 3.94. The van der Waals surface area contributed by atoms with Gasteiger partial charge in [0.1, 0.15) is 0 Å². The van der Waals surface area contributed by atoms with Crippen LogP contribution in [0.1, 0.15) is 0 Å². The Morgan fingerprint density at radius 2 is 1.63 bits per heavy atom. The summed E-state index contributed by atoms with van der Waals surface area (Å²) in [6, 6.07) is 0. The summed E-state index contributed by atoms with van der Waals surface area (Å²) in [7, 11) is 10.6. The number of rotatable bonds is 5. The quantitative estimate of drug-likeness (QED) is 0.771. The van der Waals surface area contributed by atoms with Crippen LogP contribution in [0.2, 0.25) is 0 Å². The van der Waals surface area contributed by atoms with E-state index in [1.165, 1.54) is 4.90 Å². The van der Waals surface area contributed by atoms with Gasteiger partial charge in [0.05, 0.1) is 6.54 Å². The van der Waals surface area contributed by atoms with Crippen LogP contribution in [0.3, 0.4) is 0 Å². The molecule has 0 spiro atoms. The molecule has 0 atom stereocenters. The number of hydrogen-bond donors (Lipinski definition) is 1. The molecule has 8 nitrogen and oxygen atoms in total. The molecule has 0 saturated heterocycles. The van der Waals surface area contributed by atoms with Crippen LogP contribution in [0, 0.1) is 0 Å². The molecule has 0 fully saturated rings. The molecule has 19 heavy (non-hydrogen) atoms. The normalized spacial score (nSPS) is 10.0. The fraction of sp³-hybridized carbons (Fsp3) is 0.636. The lowest BCUT2D eigenvalue weighted by molar-refractivity contribution is -0.127. The Morgan fingerprint density at radius 3 is 2.11 bits per heavy atom. The van der Waals surface area contributed by atoms with Gasteiger partial charge in [0.2, 0.25) is 23.8 Å². The molecule has 106 valence electrons. The molecule has 0 saturated carbocycles. The smallest absolute Gasteiger partial charge is 0.241 e. The molecule has 0 aliphatic rings. The summed E-state index contributed by atoms with van der Waals surface area (Å²) in [5, 5.41) is 2.88. The Balaban J connectivity index is 2.98. The van der Waals surface area contributed by atoms with Gasteiger partial charge in [-0.2, -0.15) is 15.0 Å². The average molecular weight is 267 g/mol. The fourth-order valence-corrected chi connectivity index (χ4v) is 1.25. The molecule has 0 unspecified atom stereocenters. The van der Waals surface area contributed by atoms with E-state index >= 15 is 0 Å². The molecule has 8 heteroatoms. The number of carbonyl (C=O) groups is 1. The first-order valence-electron chi connectivity index (χ1n) is 5.87. The molecule has 1 aromatic heterocycles. The van der Waals surface area contributed by atoms with E-state index in [9.17, 15) is 4.79 Å². The number of hydrogen-bond acceptors (Lipinski definition) is 7. The number of nitrogens with zero attached hydrogens (tertiary/aromatic N) is 6. The maximum Gasteiger partial charge on any atom is 0.241 e. The third-order valence-corrected chi connectivity index (χ3v) is 2.45. The first-order valence-corrected chi connectivity index (χ1v) is 5.87. The minimum atomic E-state index is -0.0136. The van der Waals surface area contributed by atoms with Gasteiger partial charge in [-0.25, -0.2) is 0 Å². The molecule has 0 radical (unpaired) electrons. The summed E-state index contributed by atoms with van der Waals surface area (Å²) >= 11 is 0. The number of aromatic nitrogens is 3. The van der Waals surface area contributed by atoms with Crippen LogP contribution in [0.25, 0.3) is 0 Å². The Hall–Kier alpha value is -2.12. The van der Waals surface area contributed by atoms with E-state index in [1.54, 1.807) is 38.0 Å². The summed E-state index contributed by atoms with van der Waals surface area (Å²) in [5.41, 5.74) is 0. The van der Waals surface area contributed by atoms with Crippen molar-refractivity contribution in [1.82, 2.24) is 19.9 Å². The predicted molar refractivity (Wildman–Crippen MR) is 75.7 cm³/mol. The largest absolute Gasteiger partial charge is 0.357 e. The zero-order valence-corrected chi connectivity index (χ0v) is 12.3. The van der Waals surface area contributed by atoms with Crippen molar-refractivity contribution >= 4 is 23.8 Å². The van der Waals surface area contributed by atoms with E-state index in [4.69, 9.17) is 0 Å². The molecule has 1 amide bonds. The lowest BCUT2D eigenvalue weighted by Crippen LogP contribution is -2.35. The molecule has 1 rings (SSSR count). The minimum absolute atomic E-state index is 0.0136. The van der Waals surface area contributed by atoms with Crippen molar-refractivity contribution in [2.24, 2.45) is 0 Å². The van der Waals surface area contributed by atoms with Crippen molar-refractivity contribution in [3.63, 3.8) is 0 Å². The van der Waals surface area contributed by atoms with Gasteiger partial charge in [0.25, 0.3) is 0 Å². The maximum absolute atomic E-state index is 11.7. The summed E-state index contributed by atoms with van der Waals surface area (Å²) in [5.74, 6) is 1.45. The van der Waals surface area contributed by atoms with E-state index in [1.807, 2.05) is 14.1 Å². The number of likely N-dealkylation sites (N-methyl/N-ethyl adjacent to an activating group) is 2. The van der Waals surface area contributed by atoms with Crippen molar-refractivity contribution in [2.75, 3.05) is 63.9 Å². The topological polar surface area (TPSA) is 77.5 Å². The average Bonchev–Trinajstić information content (AvgIpc) is 2.37. The van der Waals surface area contributed by atoms with Crippen molar-refractivity contribution in [3.8, 4) is 0 Å². The lowest BCUT2D eigenvalue weighted by Gasteiger charge is -2.20. The monoisotopic (exact) mass is 267 g/mol. The van der Waals surface area contributed by atoms with Crippen LogP contribution < -0.4 is 15.1 Å². The highest BCUT2D eigenvalue weighted by Gasteiger charge is 2.14. The van der Waals surface area contributed by atoms with E-state index in [2.05, 4.69) is 20.3 Å². The SMILES string of the molecule is CNc1nc(N(C)C)nc(N(C)CC(=O)N(C)C)n1. The predicted octanol–water partition coefficient (Wildman–Crippen LogP) is -0.496. The Labute approximate surface area is 113 Å². The molecule has 0 bridgehead atoms. The number of carbonyl (C=O) groups excluding carboxylic acids is 1. The fourth-order valence-electron chi connectivity index (χ4n) is 1.25. The zero-order valence-electron chi connectivity index (χ0n) is 12.3. The number of nitrogens with one attached hydrogen (secondary N) is 1. The van der Waals surface area contributed by atoms with Gasteiger partial charge < -0.3 is 20.0 Å². The minimum Gasteiger partial charge on any atom is -0.357 e. The van der Waals surface area contributed by atoms with Crippen LogP contribution in [0.4, 0.5) is 17.8 Å². The highest BCUT2D eigenvalue weighted by Crippen LogP contribution is 2.13. The molecule has 0 aromatic carbocycles. The van der Waals surface area contributed by atoms with Crippen LogP contribution in [-0.4, -0.2) is 74.6 Å². The molecule has 0 aliphatic heterocycles. The van der Waals surface area contributed by atoms with Crippen molar-refractivity contribution < 1.29 is 4.79 Å². The van der Waals surface area contributed by atoms with E-state index in [0.717, 1.165) is 0 Å². The molecule has 0 aliphatic carbocycles. The third-order valence-electron chi connectivity index (χ3n) is 2.45. The van der Waals surface area contributed by atoms with E-state index < -0.39 is 0 Å². The Morgan fingerprint density at radius 1 is 1.05 bits per heavy atom. The number of anilines is 3. The van der Waals surface area contributed by atoms with Gasteiger partial charge >= 0.3 is 0 Å². The van der Waals surface area contributed by atoms with Gasteiger partial charge in [-0.1, -0.05) is 0 Å². The van der Waals surface area contributed by atoms with Gasteiger partial charge in [-0.3, -0.25) is 4.79 Å². The van der Waals surface area contributed by atoms with Gasteiger partial charge in [0.15, 0.2) is 0 Å². The summed E-state index contributed by atoms with van der Waals surface area (Å²) < 4.78 is 0. The first kappa shape index (κ1) is 14.9. The van der Waals surface area contributed by atoms with Gasteiger partial charge in [-0.05, 0) is 0 Å². The molecule has 1 N–H and O–H groups in total. The van der Waals surface area contributed by atoms with Crippen molar-refractivity contribution in [2.45, 2.75) is 0 Å². The van der Waals surface area contributed by atoms with E-state index in [-0.39, 0.29) is 12.5 Å². The Kier molecular flexibility index (Phi) is 4.85. The van der Waals surface area contributed by atoms with Crippen LogP contribution in [-0.2, 0) is 4.79 Å². The van der Waals surface area contributed by atoms with Crippen molar-refractivity contribution in [1.29, 1.82) is 0 Å². The summed E-state index contributed by atoms with van der Waals surface area (Å²) in [6.07, 6.45) is 0. The molecular weight excluding hydrogens is 246 g/mol. The number of amides is 1. The highest BCUT2D eigenvalue weighted by molar-refractivity contribution is 5.80. The zero-order chi connectivity index (χ0) is 14.6. The summed E-state index contributed by atoms with van der Waals surface area (Å²) in [6.45, 7) is 0.215. The van der Waals surface area contributed by atoms with Gasteiger partial charge in [-0.15, -0.1) is 0 Å². The van der Waals surface area contributed by atoms with Crippen molar-refractivity contribution in [3.05, 3.63) is 0 Å². The second-order valence-electron chi connectivity index (χ2n) is 4.55. The maximum atomic E-state index is 11.7. The molecule has 1 aromatic rings. The highest BCUT2D eigenvalue weighted by atomic mass is 16.2. The van der Waals surface area contributed by atoms with Gasteiger partial charge in [0, 0.05) is 42.3 Å². The standard InChI is InChI=1S/C11H21N7O/c1-12-9-13-10(17(4)5)15-11(14-9)18(6)7-8(19)16(2)3/h7H2,1-6H3,(H,12,13,14,15). The second kappa shape index (κ2) is 6.17. The summed E-state index contributed by atoms with van der Waals surface area (Å²) in [4.78, 5) is 29.5. The van der Waals surface area contributed by atoms with Crippen LogP contribution in [0.5, 0.6) is 0 Å². The lowest BCUT2D eigenvalue weighted by atomic mass is 10.5. The second-order valence-corrected chi connectivity index (χ2v) is 4.55.